The third-order valence-electron chi connectivity index (χ3n) is 11.1. The van der Waals surface area contributed by atoms with E-state index in [0.717, 1.165) is 16.7 Å². The molecule has 62 heavy (non-hydrogen) atoms. The predicted molar refractivity (Wildman–Crippen MR) is 233 cm³/mol. The highest BCUT2D eigenvalue weighted by Gasteiger charge is 2.59. The highest BCUT2D eigenvalue weighted by atomic mass is 16.5. The summed E-state index contributed by atoms with van der Waals surface area (Å²) in [6.07, 6.45) is 1.29. The van der Waals surface area contributed by atoms with E-state index in [1.54, 1.807) is 9.80 Å². The molecule has 6 aromatic rings. The highest BCUT2D eigenvalue weighted by Crippen LogP contribution is 2.52. The SMILES string of the molecule is CCCN(Cc1ccc(Oc2ccccc2)cc1)C(=O)[C@@H]1[C@H](CC(=O)OCc2ccccc2)[C@@H](Cc2n[nH]c(=O)o2)[C@H]1C(=O)N(CCC)Cc1ccc(Oc2ccccc2)cc1. The van der Waals surface area contributed by atoms with E-state index >= 15 is 9.59 Å². The van der Waals surface area contributed by atoms with Crippen molar-refractivity contribution in [3.63, 3.8) is 0 Å². The summed E-state index contributed by atoms with van der Waals surface area (Å²) in [6.45, 7) is 5.51. The van der Waals surface area contributed by atoms with Crippen molar-refractivity contribution in [2.75, 3.05) is 13.1 Å². The molecule has 1 heterocycles. The number of carbonyl (C=O) groups excluding carboxylic acids is 3. The first-order valence-corrected chi connectivity index (χ1v) is 21.2. The van der Waals surface area contributed by atoms with Gasteiger partial charge in [0.05, 0.1) is 11.8 Å². The predicted octanol–water partition coefficient (Wildman–Crippen LogP) is 8.98. The number of H-pyrrole nitrogens is 1. The maximum atomic E-state index is 15.1. The van der Waals surface area contributed by atoms with Gasteiger partial charge >= 0.3 is 11.7 Å². The quantitative estimate of drug-likeness (QED) is 0.0746. The molecule has 7 rings (SSSR count). The Morgan fingerprint density at radius 3 is 1.50 bits per heavy atom. The van der Waals surface area contributed by atoms with Crippen LogP contribution in [-0.4, -0.2) is 50.9 Å². The molecule has 1 saturated carbocycles. The van der Waals surface area contributed by atoms with Crippen LogP contribution in [0.3, 0.4) is 0 Å². The molecule has 1 N–H and O–H groups in total. The molecule has 1 aliphatic carbocycles. The zero-order valence-corrected chi connectivity index (χ0v) is 35.1. The van der Waals surface area contributed by atoms with E-state index in [4.69, 9.17) is 18.6 Å². The molecule has 12 heteroatoms. The molecule has 0 spiro atoms. The number of ether oxygens (including phenoxy) is 3. The van der Waals surface area contributed by atoms with Gasteiger partial charge in [0.1, 0.15) is 29.6 Å². The maximum absolute atomic E-state index is 15.1. The number of carbonyl (C=O) groups is 3. The minimum Gasteiger partial charge on any atom is -0.461 e. The van der Waals surface area contributed by atoms with Gasteiger partial charge in [-0.15, -0.1) is 5.10 Å². The number of nitrogens with zero attached hydrogens (tertiary/aromatic N) is 3. The van der Waals surface area contributed by atoms with Crippen LogP contribution in [0.15, 0.2) is 149 Å². The molecule has 1 aliphatic rings. The first kappa shape index (κ1) is 43.1. The van der Waals surface area contributed by atoms with Gasteiger partial charge in [-0.3, -0.25) is 14.4 Å². The van der Waals surface area contributed by atoms with Gasteiger partial charge in [0, 0.05) is 39.0 Å². The number of hydrogen-bond donors (Lipinski definition) is 1. The third kappa shape index (κ3) is 11.2. The second-order valence-electron chi connectivity index (χ2n) is 15.6. The van der Waals surface area contributed by atoms with Crippen LogP contribution < -0.4 is 15.2 Å². The number of para-hydroxylation sites is 2. The first-order chi connectivity index (χ1) is 30.3. The molecule has 0 saturated heterocycles. The van der Waals surface area contributed by atoms with Gasteiger partial charge in [-0.05, 0) is 89.9 Å². The number of nitrogens with one attached hydrogen (secondary N) is 1. The van der Waals surface area contributed by atoms with Crippen molar-refractivity contribution < 1.29 is 33.0 Å². The summed E-state index contributed by atoms with van der Waals surface area (Å²) in [4.78, 5) is 59.6. The monoisotopic (exact) mass is 836 g/mol. The van der Waals surface area contributed by atoms with E-state index in [1.807, 2.05) is 153 Å². The van der Waals surface area contributed by atoms with Crippen molar-refractivity contribution in [2.24, 2.45) is 23.7 Å². The third-order valence-corrected chi connectivity index (χ3v) is 11.1. The molecule has 0 radical (unpaired) electrons. The van der Waals surface area contributed by atoms with E-state index < -0.39 is 35.4 Å². The second-order valence-corrected chi connectivity index (χ2v) is 15.6. The van der Waals surface area contributed by atoms with Crippen molar-refractivity contribution in [1.29, 1.82) is 0 Å². The number of benzene rings is 5. The lowest BCUT2D eigenvalue weighted by molar-refractivity contribution is -0.172. The van der Waals surface area contributed by atoms with Gasteiger partial charge in [0.15, 0.2) is 0 Å². The normalized spacial score (nSPS) is 16.7. The van der Waals surface area contributed by atoms with Crippen molar-refractivity contribution in [1.82, 2.24) is 20.0 Å². The summed E-state index contributed by atoms with van der Waals surface area (Å²) in [5, 5.41) is 6.38. The Hall–Kier alpha value is -6.95. The van der Waals surface area contributed by atoms with Gasteiger partial charge in [0.25, 0.3) is 0 Å². The summed E-state index contributed by atoms with van der Waals surface area (Å²) in [5.41, 5.74) is 2.60. The average Bonchev–Trinajstić information content (AvgIpc) is 3.72. The summed E-state index contributed by atoms with van der Waals surface area (Å²) in [5.74, 6) is -1.69. The summed E-state index contributed by atoms with van der Waals surface area (Å²) in [7, 11) is 0. The van der Waals surface area contributed by atoms with Crippen LogP contribution >= 0.6 is 0 Å². The molecule has 0 bridgehead atoms. The fraction of sp³-hybridized carbons (Fsp3) is 0.300. The molecule has 12 nitrogen and oxygen atoms in total. The molecular weight excluding hydrogens is 785 g/mol. The molecule has 4 atom stereocenters. The molecule has 5 aromatic carbocycles. The van der Waals surface area contributed by atoms with E-state index in [0.29, 0.717) is 55.5 Å². The molecule has 320 valence electrons. The van der Waals surface area contributed by atoms with E-state index in [9.17, 15) is 9.59 Å². The lowest BCUT2D eigenvalue weighted by atomic mass is 9.53. The largest absolute Gasteiger partial charge is 0.461 e. The van der Waals surface area contributed by atoms with Crippen molar-refractivity contribution in [3.8, 4) is 23.0 Å². The first-order valence-electron chi connectivity index (χ1n) is 21.2. The van der Waals surface area contributed by atoms with E-state index in [2.05, 4.69) is 10.2 Å². The molecule has 1 fully saturated rings. The number of esters is 1. The number of amides is 2. The van der Waals surface area contributed by atoms with Crippen LogP contribution in [0, 0.1) is 23.7 Å². The Morgan fingerprint density at radius 2 is 1.05 bits per heavy atom. The highest BCUT2D eigenvalue weighted by molar-refractivity contribution is 5.91. The number of hydrogen-bond acceptors (Lipinski definition) is 9. The van der Waals surface area contributed by atoms with Gasteiger partial charge < -0.3 is 28.4 Å². The van der Waals surface area contributed by atoms with Crippen LogP contribution in [0.25, 0.3) is 0 Å². The Kier molecular flexibility index (Phi) is 14.6. The van der Waals surface area contributed by atoms with Crippen LogP contribution in [0.1, 0.15) is 55.7 Å². The lowest BCUT2D eigenvalue weighted by Crippen LogP contribution is -2.61. The van der Waals surface area contributed by atoms with Crippen LogP contribution in [0.2, 0.25) is 0 Å². The molecular formula is C50H52N4O8. The van der Waals surface area contributed by atoms with Crippen molar-refractivity contribution in [3.05, 3.63) is 173 Å². The number of rotatable bonds is 20. The molecule has 0 unspecified atom stereocenters. The standard InChI is InChI=1S/C50H52N4O8/c1-3-28-53(32-35-20-24-40(25-21-35)60-38-16-10-6-11-17-38)48(56)46-42(30-44-51-52-50(58)62-44)43(31-45(55)59-34-37-14-8-5-9-15-37)47(46)49(57)54(29-4-2)33-36-22-26-41(27-23-36)61-39-18-12-7-13-19-39/h5-27,42-43,46-47H,3-4,28-34H2,1-2H3,(H,52,58)/t42-,43-,46-,47-/m1/s1. The van der Waals surface area contributed by atoms with Gasteiger partial charge in [-0.25, -0.2) is 9.89 Å². The molecule has 1 aromatic heterocycles. The van der Waals surface area contributed by atoms with Gasteiger partial charge in [-0.1, -0.05) is 105 Å². The van der Waals surface area contributed by atoms with E-state index in [1.165, 1.54) is 0 Å². The average molecular weight is 837 g/mol. The van der Waals surface area contributed by atoms with Crippen molar-refractivity contribution in [2.45, 2.75) is 59.2 Å². The zero-order valence-electron chi connectivity index (χ0n) is 35.1. The van der Waals surface area contributed by atoms with Gasteiger partial charge in [-0.2, -0.15) is 0 Å². The fourth-order valence-electron chi connectivity index (χ4n) is 8.20. The Bertz CT molecular complexity index is 2400. The Balaban J connectivity index is 1.17. The summed E-state index contributed by atoms with van der Waals surface area (Å²) >= 11 is 0. The number of aromatic nitrogens is 2. The number of aromatic amines is 1. The summed E-state index contributed by atoms with van der Waals surface area (Å²) in [6, 6.07) is 43.6. The van der Waals surface area contributed by atoms with E-state index in [-0.39, 0.29) is 43.7 Å². The smallest absolute Gasteiger partial charge is 0.434 e. The molecule has 0 aliphatic heterocycles. The zero-order chi connectivity index (χ0) is 43.3. The maximum Gasteiger partial charge on any atom is 0.434 e. The minimum absolute atomic E-state index is 0.0671. The topological polar surface area (TPSA) is 144 Å². The Labute approximate surface area is 361 Å². The van der Waals surface area contributed by atoms with Crippen molar-refractivity contribution >= 4 is 17.8 Å². The Morgan fingerprint density at radius 1 is 0.597 bits per heavy atom. The fourth-order valence-corrected chi connectivity index (χ4v) is 8.20. The molecule has 2 amide bonds. The summed E-state index contributed by atoms with van der Waals surface area (Å²) < 4.78 is 23.1. The second kappa shape index (κ2) is 21.0. The van der Waals surface area contributed by atoms with Gasteiger partial charge in [0.2, 0.25) is 17.7 Å². The van der Waals surface area contributed by atoms with Crippen LogP contribution in [0.4, 0.5) is 0 Å². The lowest BCUT2D eigenvalue weighted by Gasteiger charge is -2.52. The minimum atomic E-state index is -0.865. The van der Waals surface area contributed by atoms with Crippen LogP contribution in [0.5, 0.6) is 23.0 Å². The van der Waals surface area contributed by atoms with Crippen LogP contribution in [-0.2, 0) is 45.2 Å².